The van der Waals surface area contributed by atoms with Gasteiger partial charge in [0.25, 0.3) is 0 Å². The highest BCUT2D eigenvalue weighted by molar-refractivity contribution is 6.31. The molecule has 1 aromatic carbocycles. The second-order valence-corrected chi connectivity index (χ2v) is 5.90. The lowest BCUT2D eigenvalue weighted by Gasteiger charge is -2.22. The molecule has 0 unspecified atom stereocenters. The Labute approximate surface area is 136 Å². The van der Waals surface area contributed by atoms with Gasteiger partial charge in [0.15, 0.2) is 0 Å². The van der Waals surface area contributed by atoms with Gasteiger partial charge in [-0.25, -0.2) is 0 Å². The van der Waals surface area contributed by atoms with Crippen molar-refractivity contribution in [3.05, 3.63) is 28.8 Å². The Balaban J connectivity index is 1.98. The number of hydrogen-bond acceptors (Lipinski definition) is 3. The molecule has 4 nitrogen and oxygen atoms in total. The van der Waals surface area contributed by atoms with Crippen LogP contribution in [0.25, 0.3) is 0 Å². The van der Waals surface area contributed by atoms with Crippen LogP contribution in [0.1, 0.15) is 31.2 Å². The Morgan fingerprint density at radius 1 is 1.35 bits per heavy atom. The van der Waals surface area contributed by atoms with Gasteiger partial charge in [-0.1, -0.05) is 11.6 Å². The Morgan fingerprint density at radius 2 is 2.00 bits per heavy atom. The number of rotatable bonds is 4. The number of amides is 1. The molecule has 2 N–H and O–H groups in total. The largest absolute Gasteiger partial charge is 0.417 e. The molecule has 0 aromatic heterocycles. The zero-order valence-electron chi connectivity index (χ0n) is 12.1. The van der Waals surface area contributed by atoms with Crippen LogP contribution in [0.5, 0.6) is 0 Å². The summed E-state index contributed by atoms with van der Waals surface area (Å²) in [4.78, 5) is 11.9. The third-order valence-corrected chi connectivity index (χ3v) is 4.10. The predicted molar refractivity (Wildman–Crippen MR) is 79.9 cm³/mol. The molecular weight excluding hydrogens is 331 g/mol. The fourth-order valence-corrected chi connectivity index (χ4v) is 2.81. The summed E-state index contributed by atoms with van der Waals surface area (Å²) in [6, 6.07) is 5.45. The minimum Gasteiger partial charge on any atom is -0.376 e. The van der Waals surface area contributed by atoms with Crippen LogP contribution >= 0.6 is 11.6 Å². The zero-order valence-corrected chi connectivity index (χ0v) is 12.9. The zero-order chi connectivity index (χ0) is 17.1. The Bertz CT molecular complexity index is 634. The van der Waals surface area contributed by atoms with E-state index in [1.165, 1.54) is 6.07 Å². The molecule has 1 aliphatic rings. The molecular formula is C15H15ClF3N3O. The molecule has 1 aromatic rings. The number of nitrogens with zero attached hydrogens (tertiary/aromatic N) is 1. The first-order valence-electron chi connectivity index (χ1n) is 7.09. The van der Waals surface area contributed by atoms with Crippen molar-refractivity contribution in [3.63, 3.8) is 0 Å². The third-order valence-electron chi connectivity index (χ3n) is 3.77. The summed E-state index contributed by atoms with van der Waals surface area (Å²) in [6.07, 6.45) is -1.64. The van der Waals surface area contributed by atoms with E-state index in [1.54, 1.807) is 0 Å². The van der Waals surface area contributed by atoms with Gasteiger partial charge in [-0.05, 0) is 43.9 Å². The van der Waals surface area contributed by atoms with Crippen LogP contribution in [0.4, 0.5) is 18.9 Å². The van der Waals surface area contributed by atoms with Crippen LogP contribution in [0, 0.1) is 11.3 Å². The number of halogens is 4. The van der Waals surface area contributed by atoms with Crippen molar-refractivity contribution in [3.8, 4) is 6.07 Å². The highest BCUT2D eigenvalue weighted by atomic mass is 35.5. The highest BCUT2D eigenvalue weighted by Crippen LogP contribution is 2.36. The number of hydrogen-bond donors (Lipinski definition) is 2. The molecule has 0 spiro atoms. The van der Waals surface area contributed by atoms with Crippen molar-refractivity contribution in [1.82, 2.24) is 5.32 Å². The first-order chi connectivity index (χ1) is 10.8. The molecule has 0 aliphatic heterocycles. The van der Waals surface area contributed by atoms with E-state index in [9.17, 15) is 23.2 Å². The smallest absolute Gasteiger partial charge is 0.376 e. The fraction of sp³-hybridized carbons (Fsp3) is 0.467. The van der Waals surface area contributed by atoms with E-state index in [1.807, 2.05) is 0 Å². The molecule has 2 rings (SSSR count). The van der Waals surface area contributed by atoms with Crippen LogP contribution in [0.3, 0.4) is 0 Å². The molecule has 0 radical (unpaired) electrons. The number of alkyl halides is 3. The van der Waals surface area contributed by atoms with Crippen molar-refractivity contribution in [2.45, 2.75) is 37.4 Å². The minimum absolute atomic E-state index is 0.134. The molecule has 23 heavy (non-hydrogen) atoms. The van der Waals surface area contributed by atoms with Gasteiger partial charge in [-0.2, -0.15) is 18.4 Å². The van der Waals surface area contributed by atoms with Crippen LogP contribution in [-0.4, -0.2) is 18.0 Å². The SMILES string of the molecule is N#CC1(NC(=O)CNc2ccc(Cl)c(C(F)(F)F)c2)CCCC1. The molecule has 1 saturated carbocycles. The predicted octanol–water partition coefficient (Wildman–Crippen LogP) is 3.72. The fourth-order valence-electron chi connectivity index (χ4n) is 2.59. The van der Waals surface area contributed by atoms with E-state index in [-0.39, 0.29) is 12.2 Å². The van der Waals surface area contributed by atoms with Gasteiger partial charge in [0.05, 0.1) is 23.2 Å². The van der Waals surface area contributed by atoms with Gasteiger partial charge in [0, 0.05) is 5.69 Å². The lowest BCUT2D eigenvalue weighted by Crippen LogP contribution is -2.47. The van der Waals surface area contributed by atoms with Gasteiger partial charge in [-0.3, -0.25) is 4.79 Å². The van der Waals surface area contributed by atoms with Crippen LogP contribution in [0.2, 0.25) is 5.02 Å². The maximum Gasteiger partial charge on any atom is 0.417 e. The maximum absolute atomic E-state index is 12.8. The standard InChI is InChI=1S/C15H15ClF3N3O/c16-12-4-3-10(7-11(12)15(17,18)19)21-8-13(23)22-14(9-20)5-1-2-6-14/h3-4,7,21H,1-2,5-6,8H2,(H,22,23). The van der Waals surface area contributed by atoms with E-state index in [0.29, 0.717) is 12.8 Å². The van der Waals surface area contributed by atoms with Gasteiger partial charge >= 0.3 is 6.18 Å². The van der Waals surface area contributed by atoms with E-state index in [4.69, 9.17) is 11.6 Å². The average Bonchev–Trinajstić information content (AvgIpc) is 2.94. The number of nitriles is 1. The second kappa shape index (κ2) is 6.67. The quantitative estimate of drug-likeness (QED) is 0.874. The summed E-state index contributed by atoms with van der Waals surface area (Å²) < 4.78 is 38.3. The van der Waals surface area contributed by atoms with Gasteiger partial charge in [0.2, 0.25) is 5.91 Å². The second-order valence-electron chi connectivity index (χ2n) is 5.50. The topological polar surface area (TPSA) is 64.9 Å². The summed E-state index contributed by atoms with van der Waals surface area (Å²) in [5, 5.41) is 14.1. The molecule has 0 heterocycles. The normalized spacial score (nSPS) is 16.7. The minimum atomic E-state index is -4.56. The van der Waals surface area contributed by atoms with Crippen molar-refractivity contribution < 1.29 is 18.0 Å². The molecule has 1 amide bonds. The van der Waals surface area contributed by atoms with Gasteiger partial charge in [-0.15, -0.1) is 0 Å². The van der Waals surface area contributed by atoms with Gasteiger partial charge in [0.1, 0.15) is 5.54 Å². The summed E-state index contributed by atoms with van der Waals surface area (Å²) in [5.41, 5.74) is -1.68. The summed E-state index contributed by atoms with van der Waals surface area (Å²) in [7, 11) is 0. The van der Waals surface area contributed by atoms with Crippen molar-refractivity contribution in [2.24, 2.45) is 0 Å². The van der Waals surface area contributed by atoms with Crippen molar-refractivity contribution in [2.75, 3.05) is 11.9 Å². The Kier molecular flexibility index (Phi) is 5.05. The lowest BCUT2D eigenvalue weighted by atomic mass is 10.00. The number of nitrogens with one attached hydrogen (secondary N) is 2. The van der Waals surface area contributed by atoms with E-state index >= 15 is 0 Å². The number of anilines is 1. The summed E-state index contributed by atoms with van der Waals surface area (Å²) >= 11 is 5.53. The summed E-state index contributed by atoms with van der Waals surface area (Å²) in [6.45, 7) is -0.220. The lowest BCUT2D eigenvalue weighted by molar-refractivity contribution is -0.137. The Morgan fingerprint density at radius 3 is 2.57 bits per heavy atom. The molecule has 1 fully saturated rings. The Hall–Kier alpha value is -1.94. The van der Waals surface area contributed by atoms with Crippen LogP contribution in [-0.2, 0) is 11.0 Å². The van der Waals surface area contributed by atoms with E-state index < -0.39 is 28.2 Å². The van der Waals surface area contributed by atoms with E-state index in [2.05, 4.69) is 16.7 Å². The van der Waals surface area contributed by atoms with E-state index in [0.717, 1.165) is 25.0 Å². The van der Waals surface area contributed by atoms with Crippen molar-refractivity contribution in [1.29, 1.82) is 5.26 Å². The molecule has 124 valence electrons. The molecule has 1 aliphatic carbocycles. The number of benzene rings is 1. The molecule has 0 saturated heterocycles. The van der Waals surface area contributed by atoms with Crippen LogP contribution < -0.4 is 10.6 Å². The third kappa shape index (κ3) is 4.29. The first-order valence-corrected chi connectivity index (χ1v) is 7.46. The number of carbonyl (C=O) groups is 1. The molecule has 0 bridgehead atoms. The molecule has 8 heteroatoms. The highest BCUT2D eigenvalue weighted by Gasteiger charge is 2.35. The van der Waals surface area contributed by atoms with Gasteiger partial charge < -0.3 is 10.6 Å². The molecule has 0 atom stereocenters. The monoisotopic (exact) mass is 345 g/mol. The maximum atomic E-state index is 12.8. The van der Waals surface area contributed by atoms with Crippen molar-refractivity contribution >= 4 is 23.2 Å². The average molecular weight is 346 g/mol. The number of carbonyl (C=O) groups excluding carboxylic acids is 1. The summed E-state index contributed by atoms with van der Waals surface area (Å²) in [5.74, 6) is -0.433. The van der Waals surface area contributed by atoms with Crippen LogP contribution in [0.15, 0.2) is 18.2 Å². The first kappa shape index (κ1) is 17.4.